The molecule has 146 valence electrons. The number of rotatable bonds is 5. The van der Waals surface area contributed by atoms with Gasteiger partial charge < -0.3 is 20.3 Å². The Bertz CT molecular complexity index is 1100. The Morgan fingerprint density at radius 3 is 2.89 bits per heavy atom. The predicted octanol–water partition coefficient (Wildman–Crippen LogP) is 2.01. The summed E-state index contributed by atoms with van der Waals surface area (Å²) in [5.74, 6) is 0.0226. The average molecular weight is 380 g/mol. The number of amides is 1. The molecule has 0 spiro atoms. The summed E-state index contributed by atoms with van der Waals surface area (Å²) in [6.45, 7) is 1.28. The van der Waals surface area contributed by atoms with Crippen LogP contribution in [0.5, 0.6) is 5.75 Å². The fourth-order valence-corrected chi connectivity index (χ4v) is 3.80. The molecule has 4 rings (SSSR count). The lowest BCUT2D eigenvalue weighted by Crippen LogP contribution is -2.27. The summed E-state index contributed by atoms with van der Waals surface area (Å²) in [5, 5.41) is 12.8. The molecular weight excluding hydrogens is 356 g/mol. The number of nitrogens with zero attached hydrogens (tertiary/aromatic N) is 2. The molecule has 0 aliphatic heterocycles. The number of carbonyl (C=O) groups is 1. The van der Waals surface area contributed by atoms with Crippen LogP contribution in [-0.4, -0.2) is 46.1 Å². The van der Waals surface area contributed by atoms with Crippen LogP contribution >= 0.6 is 0 Å². The van der Waals surface area contributed by atoms with E-state index in [0.717, 1.165) is 41.5 Å². The number of H-pyrrole nitrogens is 1. The molecule has 0 fully saturated rings. The number of hydrogen-bond acceptors (Lipinski definition) is 4. The van der Waals surface area contributed by atoms with Gasteiger partial charge in [0.05, 0.1) is 17.1 Å². The van der Waals surface area contributed by atoms with E-state index in [1.54, 1.807) is 34.9 Å². The van der Waals surface area contributed by atoms with Crippen molar-refractivity contribution in [2.75, 3.05) is 20.6 Å². The molecule has 3 aromatic rings. The zero-order chi connectivity index (χ0) is 19.8. The second kappa shape index (κ2) is 7.16. The summed E-state index contributed by atoms with van der Waals surface area (Å²) < 4.78 is 1.66. The van der Waals surface area contributed by atoms with Crippen molar-refractivity contribution in [3.05, 3.63) is 63.6 Å². The summed E-state index contributed by atoms with van der Waals surface area (Å²) >= 11 is 0. The van der Waals surface area contributed by atoms with Gasteiger partial charge in [0.25, 0.3) is 5.91 Å². The first-order chi connectivity index (χ1) is 13.4. The summed E-state index contributed by atoms with van der Waals surface area (Å²) in [4.78, 5) is 29.9. The molecule has 1 unspecified atom stereocenters. The van der Waals surface area contributed by atoms with Crippen LogP contribution in [0.3, 0.4) is 0 Å². The highest BCUT2D eigenvalue weighted by atomic mass is 16.3. The smallest absolute Gasteiger partial charge is 0.326 e. The second-order valence-corrected chi connectivity index (χ2v) is 7.56. The summed E-state index contributed by atoms with van der Waals surface area (Å²) in [7, 11) is 3.91. The molecule has 1 heterocycles. The lowest BCUT2D eigenvalue weighted by molar-refractivity contribution is 0.0936. The maximum absolute atomic E-state index is 12.8. The van der Waals surface area contributed by atoms with E-state index in [4.69, 9.17) is 0 Å². The van der Waals surface area contributed by atoms with Gasteiger partial charge in [0.15, 0.2) is 0 Å². The molecule has 1 atom stereocenters. The van der Waals surface area contributed by atoms with Crippen LogP contribution in [0.25, 0.3) is 11.0 Å². The Morgan fingerprint density at radius 1 is 1.29 bits per heavy atom. The van der Waals surface area contributed by atoms with Crippen LogP contribution in [0.4, 0.5) is 0 Å². The van der Waals surface area contributed by atoms with E-state index in [1.165, 1.54) is 0 Å². The van der Waals surface area contributed by atoms with Crippen LogP contribution in [0, 0.1) is 0 Å². The van der Waals surface area contributed by atoms with Gasteiger partial charge in [-0.1, -0.05) is 6.07 Å². The van der Waals surface area contributed by atoms with Gasteiger partial charge in [-0.25, -0.2) is 4.79 Å². The number of phenolic OH excluding ortho intramolecular Hbond substituents is 1. The van der Waals surface area contributed by atoms with E-state index in [1.807, 2.05) is 25.1 Å². The fourth-order valence-electron chi connectivity index (χ4n) is 3.80. The molecule has 7 heteroatoms. The molecule has 28 heavy (non-hydrogen) atoms. The number of aromatic amines is 1. The number of benzene rings is 2. The van der Waals surface area contributed by atoms with E-state index < -0.39 is 0 Å². The quantitative estimate of drug-likeness (QED) is 0.632. The van der Waals surface area contributed by atoms with Gasteiger partial charge in [-0.05, 0) is 68.4 Å². The second-order valence-electron chi connectivity index (χ2n) is 7.56. The van der Waals surface area contributed by atoms with E-state index in [2.05, 4.69) is 10.3 Å². The van der Waals surface area contributed by atoms with Crippen molar-refractivity contribution in [3.8, 4) is 5.75 Å². The van der Waals surface area contributed by atoms with Crippen LogP contribution in [0.15, 0.2) is 41.2 Å². The number of aromatic nitrogens is 2. The van der Waals surface area contributed by atoms with E-state index in [0.29, 0.717) is 12.1 Å². The number of nitrogens with one attached hydrogen (secondary N) is 2. The number of imidazole rings is 1. The third kappa shape index (κ3) is 3.41. The van der Waals surface area contributed by atoms with Gasteiger partial charge in [-0.15, -0.1) is 0 Å². The van der Waals surface area contributed by atoms with E-state index in [-0.39, 0.29) is 23.4 Å². The molecule has 1 aliphatic carbocycles. The average Bonchev–Trinajstić information content (AvgIpc) is 3.19. The molecule has 3 N–H and O–H groups in total. The zero-order valence-electron chi connectivity index (χ0n) is 16.0. The zero-order valence-corrected chi connectivity index (χ0v) is 16.0. The predicted molar refractivity (Wildman–Crippen MR) is 108 cm³/mol. The molecule has 1 aromatic heterocycles. The van der Waals surface area contributed by atoms with Gasteiger partial charge >= 0.3 is 5.69 Å². The van der Waals surface area contributed by atoms with Crippen LogP contribution < -0.4 is 11.0 Å². The van der Waals surface area contributed by atoms with Crippen LogP contribution in [-0.2, 0) is 13.0 Å². The molecule has 0 radical (unpaired) electrons. The molecule has 1 amide bonds. The van der Waals surface area contributed by atoms with Crippen LogP contribution in [0.1, 0.15) is 33.9 Å². The minimum Gasteiger partial charge on any atom is -0.508 e. The Balaban J connectivity index is 1.59. The third-order valence-electron chi connectivity index (χ3n) is 5.32. The maximum atomic E-state index is 12.8. The standard InChI is InChI=1S/C21H24N4O3/c1-24(2)9-10-25-19-11-14(5-8-18(19)23-21(25)28)20(27)22-17-7-4-13-3-6-15(26)12-16(13)17/h3,5-6,8,11-12,17,26H,4,7,9-10H2,1-2H3,(H,22,27)(H,23,28). The van der Waals surface area contributed by atoms with Crippen LogP contribution in [0.2, 0.25) is 0 Å². The lowest BCUT2D eigenvalue weighted by Gasteiger charge is -2.15. The Hall–Kier alpha value is -3.06. The maximum Gasteiger partial charge on any atom is 0.326 e. The summed E-state index contributed by atoms with van der Waals surface area (Å²) in [6, 6.07) is 10.4. The minimum atomic E-state index is -0.184. The van der Waals surface area contributed by atoms with Gasteiger partial charge in [0.2, 0.25) is 0 Å². The van der Waals surface area contributed by atoms with Crippen molar-refractivity contribution in [1.82, 2.24) is 19.8 Å². The Kier molecular flexibility index (Phi) is 4.68. The fraction of sp³-hybridized carbons (Fsp3) is 0.333. The Morgan fingerprint density at radius 2 is 2.11 bits per heavy atom. The van der Waals surface area contributed by atoms with Gasteiger partial charge in [-0.2, -0.15) is 0 Å². The molecule has 0 saturated carbocycles. The topological polar surface area (TPSA) is 90.4 Å². The van der Waals surface area contributed by atoms with E-state index >= 15 is 0 Å². The first kappa shape index (κ1) is 18.3. The van der Waals surface area contributed by atoms with Crippen molar-refractivity contribution in [2.45, 2.75) is 25.4 Å². The van der Waals surface area contributed by atoms with Gasteiger partial charge in [0, 0.05) is 18.7 Å². The van der Waals surface area contributed by atoms with Crippen molar-refractivity contribution in [3.63, 3.8) is 0 Å². The van der Waals surface area contributed by atoms with Crippen molar-refractivity contribution in [2.24, 2.45) is 0 Å². The third-order valence-corrected chi connectivity index (χ3v) is 5.32. The summed E-state index contributed by atoms with van der Waals surface area (Å²) in [5.41, 5.74) is 3.91. The van der Waals surface area contributed by atoms with E-state index in [9.17, 15) is 14.7 Å². The number of carbonyl (C=O) groups excluding carboxylic acids is 1. The number of aromatic hydroxyl groups is 1. The van der Waals surface area contributed by atoms with Crippen molar-refractivity contribution < 1.29 is 9.90 Å². The highest BCUT2D eigenvalue weighted by Gasteiger charge is 2.25. The SMILES string of the molecule is CN(C)CCn1c(=O)[nH]c2ccc(C(=O)NC3CCc4ccc(O)cc43)cc21. The number of likely N-dealkylation sites (N-methyl/N-ethyl adjacent to an activating group) is 1. The van der Waals surface area contributed by atoms with Crippen molar-refractivity contribution >= 4 is 16.9 Å². The molecule has 2 aromatic carbocycles. The molecule has 0 bridgehead atoms. The van der Waals surface area contributed by atoms with Crippen molar-refractivity contribution in [1.29, 1.82) is 0 Å². The Labute approximate surface area is 162 Å². The normalized spacial score (nSPS) is 15.9. The lowest BCUT2D eigenvalue weighted by atomic mass is 10.1. The first-order valence-corrected chi connectivity index (χ1v) is 9.42. The molecule has 1 aliphatic rings. The number of aryl methyl sites for hydroxylation is 1. The number of hydrogen-bond donors (Lipinski definition) is 3. The highest BCUT2D eigenvalue weighted by molar-refractivity contribution is 5.97. The molecular formula is C21H24N4O3. The molecule has 0 saturated heterocycles. The largest absolute Gasteiger partial charge is 0.508 e. The summed E-state index contributed by atoms with van der Waals surface area (Å²) in [6.07, 6.45) is 1.69. The minimum absolute atomic E-state index is 0.118. The van der Waals surface area contributed by atoms with Gasteiger partial charge in [-0.3, -0.25) is 9.36 Å². The highest BCUT2D eigenvalue weighted by Crippen LogP contribution is 2.33. The number of fused-ring (bicyclic) bond motifs is 2. The molecule has 7 nitrogen and oxygen atoms in total. The monoisotopic (exact) mass is 380 g/mol. The number of phenols is 1. The first-order valence-electron chi connectivity index (χ1n) is 9.42. The van der Waals surface area contributed by atoms with Gasteiger partial charge in [0.1, 0.15) is 5.75 Å².